The molecule has 2 aliphatic rings. The van der Waals surface area contributed by atoms with E-state index in [-0.39, 0.29) is 6.03 Å². The van der Waals surface area contributed by atoms with Gasteiger partial charge in [-0.05, 0) is 36.5 Å². The molecular formula is C15H26N2O. The summed E-state index contributed by atoms with van der Waals surface area (Å²) >= 11 is 0. The maximum atomic E-state index is 12.2. The van der Waals surface area contributed by atoms with Crippen LogP contribution in [0.5, 0.6) is 0 Å². The van der Waals surface area contributed by atoms with Gasteiger partial charge in [0.25, 0.3) is 0 Å². The van der Waals surface area contributed by atoms with Crippen molar-refractivity contribution in [3.05, 3.63) is 12.3 Å². The molecule has 3 heteroatoms. The van der Waals surface area contributed by atoms with E-state index in [0.29, 0.717) is 16.9 Å². The molecule has 1 aliphatic carbocycles. The molecule has 0 spiro atoms. The standard InChI is InChI=1S/C15H26N2O/c1-5-6-7-16-13(18)17-11-15(4)9-12(17)8-14(2,3)10-15/h6-7,12H,5,8-11H2,1-4H3,(H,16,18)/b7-6+. The van der Waals surface area contributed by atoms with Crippen LogP contribution in [0.15, 0.2) is 12.3 Å². The van der Waals surface area contributed by atoms with E-state index in [1.165, 1.54) is 12.8 Å². The van der Waals surface area contributed by atoms with Gasteiger partial charge in [0.05, 0.1) is 0 Å². The third kappa shape index (κ3) is 2.70. The monoisotopic (exact) mass is 250 g/mol. The highest BCUT2D eigenvalue weighted by Crippen LogP contribution is 2.52. The van der Waals surface area contributed by atoms with Gasteiger partial charge in [-0.2, -0.15) is 0 Å². The molecule has 0 radical (unpaired) electrons. The van der Waals surface area contributed by atoms with Gasteiger partial charge in [-0.1, -0.05) is 33.8 Å². The van der Waals surface area contributed by atoms with Crippen molar-refractivity contribution in [3.8, 4) is 0 Å². The van der Waals surface area contributed by atoms with Crippen LogP contribution in [0.25, 0.3) is 0 Å². The molecule has 102 valence electrons. The Balaban J connectivity index is 2.04. The van der Waals surface area contributed by atoms with E-state index in [9.17, 15) is 4.79 Å². The van der Waals surface area contributed by atoms with Gasteiger partial charge in [0, 0.05) is 18.8 Å². The number of urea groups is 1. The van der Waals surface area contributed by atoms with Gasteiger partial charge in [0.15, 0.2) is 0 Å². The number of allylic oxidation sites excluding steroid dienone is 1. The Morgan fingerprint density at radius 3 is 2.78 bits per heavy atom. The molecule has 3 nitrogen and oxygen atoms in total. The second kappa shape index (κ2) is 4.60. The van der Waals surface area contributed by atoms with E-state index in [4.69, 9.17) is 0 Å². The van der Waals surface area contributed by atoms with E-state index >= 15 is 0 Å². The zero-order valence-electron chi connectivity index (χ0n) is 12.1. The van der Waals surface area contributed by atoms with Crippen LogP contribution in [0.3, 0.4) is 0 Å². The summed E-state index contributed by atoms with van der Waals surface area (Å²) in [6, 6.07) is 0.500. The highest BCUT2D eigenvalue weighted by Gasteiger charge is 2.50. The third-order valence-electron chi connectivity index (χ3n) is 4.24. The summed E-state index contributed by atoms with van der Waals surface area (Å²) in [5, 5.41) is 2.89. The molecule has 2 amide bonds. The van der Waals surface area contributed by atoms with Crippen LogP contribution in [0, 0.1) is 10.8 Å². The fraction of sp³-hybridized carbons (Fsp3) is 0.800. The normalized spacial score (nSPS) is 34.0. The number of fused-ring (bicyclic) bond motifs is 2. The Bertz CT molecular complexity index is 362. The van der Waals surface area contributed by atoms with Crippen molar-refractivity contribution in [1.82, 2.24) is 10.2 Å². The SMILES string of the molecule is CC/C=C/NC(=O)N1CC2(C)CC1CC(C)(C)C2. The lowest BCUT2D eigenvalue weighted by atomic mass is 9.65. The number of hydrogen-bond donors (Lipinski definition) is 1. The molecule has 18 heavy (non-hydrogen) atoms. The molecular weight excluding hydrogens is 224 g/mol. The Morgan fingerprint density at radius 1 is 1.39 bits per heavy atom. The van der Waals surface area contributed by atoms with Crippen molar-refractivity contribution in [3.63, 3.8) is 0 Å². The Kier molecular flexibility index (Phi) is 3.43. The van der Waals surface area contributed by atoms with Crippen LogP contribution in [0.4, 0.5) is 4.79 Å². The summed E-state index contributed by atoms with van der Waals surface area (Å²) in [4.78, 5) is 14.2. The van der Waals surface area contributed by atoms with Gasteiger partial charge in [-0.3, -0.25) is 0 Å². The van der Waals surface area contributed by atoms with E-state index in [1.54, 1.807) is 6.20 Å². The summed E-state index contributed by atoms with van der Waals surface area (Å²) in [5.74, 6) is 0. The van der Waals surface area contributed by atoms with Crippen molar-refractivity contribution in [2.75, 3.05) is 6.54 Å². The predicted molar refractivity (Wildman–Crippen MR) is 74.2 cm³/mol. The van der Waals surface area contributed by atoms with Gasteiger partial charge in [-0.15, -0.1) is 0 Å². The quantitative estimate of drug-likeness (QED) is 0.799. The maximum Gasteiger partial charge on any atom is 0.321 e. The van der Waals surface area contributed by atoms with Crippen LogP contribution in [-0.4, -0.2) is 23.5 Å². The average Bonchev–Trinajstić information content (AvgIpc) is 2.48. The number of carbonyl (C=O) groups is 1. The predicted octanol–water partition coefficient (Wildman–Crippen LogP) is 3.52. The van der Waals surface area contributed by atoms with Crippen LogP contribution >= 0.6 is 0 Å². The average molecular weight is 250 g/mol. The molecule has 1 heterocycles. The van der Waals surface area contributed by atoms with Gasteiger partial charge in [0.2, 0.25) is 0 Å². The van der Waals surface area contributed by atoms with Crippen LogP contribution in [0.1, 0.15) is 53.4 Å². The minimum Gasteiger partial charge on any atom is -0.321 e. The first-order valence-electron chi connectivity index (χ1n) is 7.07. The molecule has 2 unspecified atom stereocenters. The largest absolute Gasteiger partial charge is 0.321 e. The molecule has 0 aromatic heterocycles. The number of likely N-dealkylation sites (tertiary alicyclic amines) is 1. The van der Waals surface area contributed by atoms with E-state index < -0.39 is 0 Å². The zero-order valence-corrected chi connectivity index (χ0v) is 12.1. The number of carbonyl (C=O) groups excluding carboxylic acids is 1. The fourth-order valence-corrected chi connectivity index (χ4v) is 4.03. The third-order valence-corrected chi connectivity index (χ3v) is 4.24. The molecule has 1 aliphatic heterocycles. The fourth-order valence-electron chi connectivity index (χ4n) is 4.03. The second-order valence-corrected chi connectivity index (χ2v) is 7.10. The molecule has 1 saturated heterocycles. The number of nitrogens with one attached hydrogen (secondary N) is 1. The lowest BCUT2D eigenvalue weighted by molar-refractivity contribution is 0.129. The van der Waals surface area contributed by atoms with Crippen molar-refractivity contribution in [2.45, 2.75) is 59.4 Å². The number of amides is 2. The number of rotatable bonds is 2. The highest BCUT2D eigenvalue weighted by molar-refractivity contribution is 5.76. The highest BCUT2D eigenvalue weighted by atomic mass is 16.2. The molecule has 2 bridgehead atoms. The van der Waals surface area contributed by atoms with Gasteiger partial charge < -0.3 is 10.2 Å². The summed E-state index contributed by atoms with van der Waals surface area (Å²) in [7, 11) is 0. The first-order valence-corrected chi connectivity index (χ1v) is 7.07. The minimum atomic E-state index is 0.0751. The molecule has 0 aromatic rings. The lowest BCUT2D eigenvalue weighted by Crippen LogP contribution is -2.41. The van der Waals surface area contributed by atoms with Crippen LogP contribution in [-0.2, 0) is 0 Å². The maximum absolute atomic E-state index is 12.2. The first-order chi connectivity index (χ1) is 8.35. The Hall–Kier alpha value is -0.990. The van der Waals surface area contributed by atoms with Gasteiger partial charge in [-0.25, -0.2) is 4.79 Å². The van der Waals surface area contributed by atoms with Crippen molar-refractivity contribution >= 4 is 6.03 Å². The first kappa shape index (κ1) is 13.4. The lowest BCUT2D eigenvalue weighted by Gasteiger charge is -2.39. The smallest absolute Gasteiger partial charge is 0.321 e. The number of hydrogen-bond acceptors (Lipinski definition) is 1. The van der Waals surface area contributed by atoms with Crippen molar-refractivity contribution < 1.29 is 4.79 Å². The summed E-state index contributed by atoms with van der Waals surface area (Å²) < 4.78 is 0. The van der Waals surface area contributed by atoms with E-state index in [1.807, 2.05) is 6.08 Å². The van der Waals surface area contributed by atoms with Crippen molar-refractivity contribution in [1.29, 1.82) is 0 Å². The Morgan fingerprint density at radius 2 is 2.11 bits per heavy atom. The topological polar surface area (TPSA) is 32.3 Å². The van der Waals surface area contributed by atoms with E-state index in [0.717, 1.165) is 19.4 Å². The van der Waals surface area contributed by atoms with Crippen molar-refractivity contribution in [2.24, 2.45) is 10.8 Å². The molecule has 2 fully saturated rings. The number of nitrogens with zero attached hydrogens (tertiary/aromatic N) is 1. The Labute approximate surface area is 111 Å². The minimum absolute atomic E-state index is 0.0751. The van der Waals surface area contributed by atoms with E-state index in [2.05, 4.69) is 37.9 Å². The van der Waals surface area contributed by atoms with Crippen LogP contribution < -0.4 is 5.32 Å². The molecule has 2 atom stereocenters. The molecule has 1 saturated carbocycles. The second-order valence-electron chi connectivity index (χ2n) is 7.10. The summed E-state index contributed by atoms with van der Waals surface area (Å²) in [6.45, 7) is 9.96. The zero-order chi connectivity index (χ0) is 13.4. The molecule has 1 N–H and O–H groups in total. The van der Waals surface area contributed by atoms with Crippen LogP contribution in [0.2, 0.25) is 0 Å². The molecule has 2 rings (SSSR count). The molecule has 0 aromatic carbocycles. The van der Waals surface area contributed by atoms with Gasteiger partial charge in [0.1, 0.15) is 0 Å². The summed E-state index contributed by atoms with van der Waals surface area (Å²) in [6.07, 6.45) is 8.23. The summed E-state index contributed by atoms with van der Waals surface area (Å²) in [5.41, 5.74) is 0.685. The van der Waals surface area contributed by atoms with Gasteiger partial charge >= 0.3 is 6.03 Å².